The van der Waals surface area contributed by atoms with Gasteiger partial charge in [0.2, 0.25) is 5.91 Å². The number of halogens is 1. The smallest absolute Gasteiger partial charge is 0.230 e. The van der Waals surface area contributed by atoms with Crippen LogP contribution in [0, 0.1) is 17.8 Å². The molecule has 25 heavy (non-hydrogen) atoms. The van der Waals surface area contributed by atoms with Gasteiger partial charge in [-0.05, 0) is 81.4 Å². The quantitative estimate of drug-likeness (QED) is 0.895. The van der Waals surface area contributed by atoms with Crippen molar-refractivity contribution in [2.75, 3.05) is 7.11 Å². The van der Waals surface area contributed by atoms with Crippen LogP contribution < -0.4 is 10.1 Å². The van der Waals surface area contributed by atoms with Crippen LogP contribution in [0.5, 0.6) is 5.75 Å². The first-order chi connectivity index (χ1) is 11.8. The van der Waals surface area contributed by atoms with E-state index in [0.29, 0.717) is 30.6 Å². The Morgan fingerprint density at radius 3 is 2.52 bits per heavy atom. The van der Waals surface area contributed by atoms with Crippen molar-refractivity contribution in [3.8, 4) is 5.75 Å². The lowest BCUT2D eigenvalue weighted by Crippen LogP contribution is -2.61. The van der Waals surface area contributed by atoms with E-state index in [1.807, 2.05) is 38.1 Å². The molecule has 0 saturated heterocycles. The first-order valence-electron chi connectivity index (χ1n) is 9.45. The highest BCUT2D eigenvalue weighted by atomic mass is 19.1. The third kappa shape index (κ3) is 2.84. The van der Waals surface area contributed by atoms with Crippen LogP contribution in [-0.4, -0.2) is 24.7 Å². The monoisotopic (exact) mass is 345 g/mol. The van der Waals surface area contributed by atoms with Gasteiger partial charge in [-0.25, -0.2) is 4.39 Å². The summed E-state index contributed by atoms with van der Waals surface area (Å²) in [5.41, 5.74) is -0.661. The molecule has 4 fully saturated rings. The summed E-state index contributed by atoms with van der Waals surface area (Å²) in [7, 11) is 1.63. The third-order valence-corrected chi connectivity index (χ3v) is 6.86. The molecule has 4 aliphatic carbocycles. The molecule has 136 valence electrons. The lowest BCUT2D eigenvalue weighted by atomic mass is 9.53. The van der Waals surface area contributed by atoms with E-state index < -0.39 is 11.1 Å². The molecule has 4 aliphatic rings. The summed E-state index contributed by atoms with van der Waals surface area (Å²) in [4.78, 5) is 13.1. The maximum atomic E-state index is 14.9. The van der Waals surface area contributed by atoms with Gasteiger partial charge in [-0.2, -0.15) is 0 Å². The fourth-order valence-corrected chi connectivity index (χ4v) is 5.64. The predicted octanol–water partition coefficient (Wildman–Crippen LogP) is 4.01. The van der Waals surface area contributed by atoms with Crippen LogP contribution in [0.1, 0.15) is 51.5 Å². The van der Waals surface area contributed by atoms with Crippen molar-refractivity contribution in [3.63, 3.8) is 0 Å². The van der Waals surface area contributed by atoms with Crippen LogP contribution in [0.3, 0.4) is 0 Å². The molecule has 4 saturated carbocycles. The minimum absolute atomic E-state index is 0.0335. The Labute approximate surface area is 149 Å². The second-order valence-corrected chi connectivity index (χ2v) is 8.98. The molecule has 0 aromatic heterocycles. The van der Waals surface area contributed by atoms with Gasteiger partial charge >= 0.3 is 0 Å². The van der Waals surface area contributed by atoms with E-state index in [-0.39, 0.29) is 11.9 Å². The number of ether oxygens (including phenoxy) is 1. The average molecular weight is 345 g/mol. The van der Waals surface area contributed by atoms with Crippen LogP contribution >= 0.6 is 0 Å². The van der Waals surface area contributed by atoms with Crippen molar-refractivity contribution in [3.05, 3.63) is 29.8 Å². The summed E-state index contributed by atoms with van der Waals surface area (Å²) in [5, 5.41) is 3.31. The standard InChI is InChI=1S/C21H28FNO2/c1-20(2,16-5-4-6-17(9-16)25-3)19(24)23-18-14-7-13-8-15(18)12-21(22,10-13)11-14/h4-6,9,13-15,18H,7-8,10-12H2,1-3H3,(H,23,24)/t13?,14-,15+,18?,21?. The highest BCUT2D eigenvalue weighted by Crippen LogP contribution is 2.57. The van der Waals surface area contributed by atoms with Gasteiger partial charge in [0, 0.05) is 6.04 Å². The number of rotatable bonds is 4. The van der Waals surface area contributed by atoms with E-state index in [4.69, 9.17) is 4.74 Å². The summed E-state index contributed by atoms with van der Waals surface area (Å²) in [6.07, 6.45) is 4.16. The highest BCUT2D eigenvalue weighted by molar-refractivity contribution is 5.87. The molecular formula is C21H28FNO2. The molecular weight excluding hydrogens is 317 g/mol. The Hall–Kier alpha value is -1.58. The van der Waals surface area contributed by atoms with E-state index in [2.05, 4.69) is 5.32 Å². The van der Waals surface area contributed by atoms with Crippen LogP contribution in [0.2, 0.25) is 0 Å². The number of hydrogen-bond donors (Lipinski definition) is 1. The van der Waals surface area contributed by atoms with E-state index in [1.165, 1.54) is 0 Å². The zero-order valence-electron chi connectivity index (χ0n) is 15.3. The summed E-state index contributed by atoms with van der Waals surface area (Å²) in [6, 6.07) is 7.83. The topological polar surface area (TPSA) is 38.3 Å². The minimum atomic E-state index is -0.958. The van der Waals surface area contributed by atoms with Crippen LogP contribution in [0.4, 0.5) is 4.39 Å². The van der Waals surface area contributed by atoms with Crippen LogP contribution in [0.25, 0.3) is 0 Å². The first-order valence-corrected chi connectivity index (χ1v) is 9.45. The molecule has 3 nitrogen and oxygen atoms in total. The number of amides is 1. The molecule has 1 aromatic rings. The van der Waals surface area contributed by atoms with E-state index >= 15 is 0 Å². The van der Waals surface area contributed by atoms with Crippen molar-refractivity contribution in [1.29, 1.82) is 0 Å². The Balaban J connectivity index is 1.51. The number of nitrogens with one attached hydrogen (secondary N) is 1. The Morgan fingerprint density at radius 2 is 1.92 bits per heavy atom. The Kier molecular flexibility index (Phi) is 3.86. The molecule has 3 unspecified atom stereocenters. The molecule has 1 N–H and O–H groups in total. The molecule has 4 bridgehead atoms. The van der Waals surface area contributed by atoms with Crippen LogP contribution in [0.15, 0.2) is 24.3 Å². The Morgan fingerprint density at radius 1 is 1.24 bits per heavy atom. The SMILES string of the molecule is COc1cccc(C(C)(C)C(=O)NC2[C@@H]3CC4C[C@H]2CC(F)(C4)C3)c1. The summed E-state index contributed by atoms with van der Waals surface area (Å²) >= 11 is 0. The minimum Gasteiger partial charge on any atom is -0.497 e. The number of hydrogen-bond acceptors (Lipinski definition) is 2. The fraction of sp³-hybridized carbons (Fsp3) is 0.667. The number of carbonyl (C=O) groups excluding carboxylic acids is 1. The molecule has 0 radical (unpaired) electrons. The van der Waals surface area contributed by atoms with Gasteiger partial charge in [-0.15, -0.1) is 0 Å². The van der Waals surface area contributed by atoms with Gasteiger partial charge in [0.15, 0.2) is 0 Å². The normalized spacial score (nSPS) is 36.3. The number of alkyl halides is 1. The number of benzene rings is 1. The summed E-state index contributed by atoms with van der Waals surface area (Å²) < 4.78 is 20.1. The zero-order valence-corrected chi connectivity index (χ0v) is 15.3. The van der Waals surface area contributed by atoms with Crippen molar-refractivity contribution in [2.24, 2.45) is 17.8 Å². The summed E-state index contributed by atoms with van der Waals surface area (Å²) in [5.74, 6) is 1.93. The Bertz CT molecular complexity index is 670. The highest BCUT2D eigenvalue weighted by Gasteiger charge is 2.56. The van der Waals surface area contributed by atoms with E-state index in [1.54, 1.807) is 7.11 Å². The molecule has 5 rings (SSSR count). The van der Waals surface area contributed by atoms with E-state index in [0.717, 1.165) is 30.6 Å². The van der Waals surface area contributed by atoms with Gasteiger partial charge in [0.1, 0.15) is 11.4 Å². The van der Waals surface area contributed by atoms with E-state index in [9.17, 15) is 9.18 Å². The molecule has 0 heterocycles. The molecule has 0 spiro atoms. The van der Waals surface area contributed by atoms with Crippen molar-refractivity contribution >= 4 is 5.91 Å². The number of methoxy groups -OCH3 is 1. The lowest BCUT2D eigenvalue weighted by Gasteiger charge is -2.57. The molecule has 1 aromatic carbocycles. The van der Waals surface area contributed by atoms with Gasteiger partial charge < -0.3 is 10.1 Å². The first kappa shape index (κ1) is 16.9. The second-order valence-electron chi connectivity index (χ2n) is 8.98. The van der Waals surface area contributed by atoms with Gasteiger partial charge in [0.05, 0.1) is 12.5 Å². The third-order valence-electron chi connectivity index (χ3n) is 6.86. The van der Waals surface area contributed by atoms with Gasteiger partial charge in [0.25, 0.3) is 0 Å². The van der Waals surface area contributed by atoms with Crippen molar-refractivity contribution in [2.45, 2.75) is 63.1 Å². The largest absolute Gasteiger partial charge is 0.497 e. The van der Waals surface area contributed by atoms with Crippen LogP contribution in [-0.2, 0) is 10.2 Å². The lowest BCUT2D eigenvalue weighted by molar-refractivity contribution is -0.134. The van der Waals surface area contributed by atoms with Crippen molar-refractivity contribution < 1.29 is 13.9 Å². The number of carbonyl (C=O) groups is 1. The molecule has 4 heteroatoms. The predicted molar refractivity (Wildman–Crippen MR) is 95.3 cm³/mol. The maximum absolute atomic E-state index is 14.9. The van der Waals surface area contributed by atoms with Gasteiger partial charge in [-0.1, -0.05) is 12.1 Å². The van der Waals surface area contributed by atoms with Gasteiger partial charge in [-0.3, -0.25) is 4.79 Å². The fourth-order valence-electron chi connectivity index (χ4n) is 5.64. The maximum Gasteiger partial charge on any atom is 0.230 e. The zero-order chi connectivity index (χ0) is 17.8. The molecule has 5 atom stereocenters. The summed E-state index contributed by atoms with van der Waals surface area (Å²) in [6.45, 7) is 3.90. The molecule has 0 aliphatic heterocycles. The molecule has 1 amide bonds. The average Bonchev–Trinajstić information content (AvgIpc) is 2.56. The second kappa shape index (κ2) is 5.72. The van der Waals surface area contributed by atoms with Crippen molar-refractivity contribution in [1.82, 2.24) is 5.32 Å².